The van der Waals surface area contributed by atoms with Crippen molar-refractivity contribution in [1.29, 1.82) is 0 Å². The molecule has 0 fully saturated rings. The Balaban J connectivity index is 1.48. The summed E-state index contributed by atoms with van der Waals surface area (Å²) in [5, 5.41) is 5.26. The third-order valence-electron chi connectivity index (χ3n) is 4.76. The Morgan fingerprint density at radius 1 is 0.964 bits per heavy atom. The molecule has 0 heterocycles. The van der Waals surface area contributed by atoms with Crippen LogP contribution in [0.3, 0.4) is 0 Å². The van der Waals surface area contributed by atoms with Crippen LogP contribution in [0.1, 0.15) is 25.3 Å². The summed E-state index contributed by atoms with van der Waals surface area (Å²) in [7, 11) is 1.66. The molecule has 0 aromatic heterocycles. The molecule has 3 aromatic rings. The van der Waals surface area contributed by atoms with E-state index in [4.69, 9.17) is 9.47 Å². The van der Waals surface area contributed by atoms with Crippen molar-refractivity contribution in [2.75, 3.05) is 13.7 Å². The van der Waals surface area contributed by atoms with Crippen molar-refractivity contribution in [3.63, 3.8) is 0 Å². The average Bonchev–Trinajstić information content (AvgIpc) is 2.75. The number of amides is 1. The Bertz CT molecular complexity index is 905. The molecule has 0 unspecified atom stereocenters. The summed E-state index contributed by atoms with van der Waals surface area (Å²) >= 11 is 0. The van der Waals surface area contributed by atoms with E-state index < -0.39 is 6.10 Å². The van der Waals surface area contributed by atoms with Crippen LogP contribution in [0.4, 0.5) is 0 Å². The second-order valence-electron chi connectivity index (χ2n) is 6.77. The first-order valence-electron chi connectivity index (χ1n) is 9.75. The van der Waals surface area contributed by atoms with Gasteiger partial charge in [0, 0.05) is 6.54 Å². The number of hydrogen-bond donors (Lipinski definition) is 1. The average molecular weight is 377 g/mol. The predicted molar refractivity (Wildman–Crippen MR) is 113 cm³/mol. The van der Waals surface area contributed by atoms with Crippen LogP contribution in [0.5, 0.6) is 11.5 Å². The fraction of sp³-hybridized carbons (Fsp3) is 0.292. The highest BCUT2D eigenvalue weighted by Gasteiger charge is 2.17. The van der Waals surface area contributed by atoms with E-state index in [9.17, 15) is 4.79 Å². The zero-order valence-electron chi connectivity index (χ0n) is 16.5. The van der Waals surface area contributed by atoms with Gasteiger partial charge in [0.25, 0.3) is 5.91 Å². The van der Waals surface area contributed by atoms with Crippen molar-refractivity contribution in [2.45, 2.75) is 32.3 Å². The number of ether oxygens (including phenoxy) is 2. The molecule has 0 saturated heterocycles. The Kier molecular flexibility index (Phi) is 6.90. The minimum absolute atomic E-state index is 0.0645. The van der Waals surface area contributed by atoms with E-state index in [1.165, 1.54) is 5.56 Å². The number of rotatable bonds is 9. The summed E-state index contributed by atoms with van der Waals surface area (Å²) in [5.74, 6) is 1.51. The van der Waals surface area contributed by atoms with Gasteiger partial charge in [0.2, 0.25) is 0 Å². The van der Waals surface area contributed by atoms with Crippen LogP contribution in [0, 0.1) is 0 Å². The van der Waals surface area contributed by atoms with Crippen molar-refractivity contribution in [1.82, 2.24) is 5.32 Å². The molecular weight excluding hydrogens is 350 g/mol. The minimum atomic E-state index is -0.484. The Hall–Kier alpha value is -3.01. The highest BCUT2D eigenvalue weighted by molar-refractivity contribution is 5.84. The highest BCUT2D eigenvalue weighted by Crippen LogP contribution is 2.22. The third-order valence-corrected chi connectivity index (χ3v) is 4.76. The topological polar surface area (TPSA) is 47.6 Å². The van der Waals surface area contributed by atoms with Crippen LogP contribution in [-0.2, 0) is 11.2 Å². The number of nitrogens with one attached hydrogen (secondary N) is 1. The maximum absolute atomic E-state index is 12.5. The Morgan fingerprint density at radius 2 is 1.68 bits per heavy atom. The second-order valence-corrected chi connectivity index (χ2v) is 6.77. The summed E-state index contributed by atoms with van der Waals surface area (Å²) in [5.41, 5.74) is 1.23. The first-order valence-corrected chi connectivity index (χ1v) is 9.75. The van der Waals surface area contributed by atoms with Gasteiger partial charge in [-0.05, 0) is 59.9 Å². The van der Waals surface area contributed by atoms with E-state index in [1.807, 2.05) is 55.5 Å². The fourth-order valence-electron chi connectivity index (χ4n) is 3.14. The first-order chi connectivity index (χ1) is 13.7. The van der Waals surface area contributed by atoms with E-state index in [1.54, 1.807) is 7.11 Å². The lowest BCUT2D eigenvalue weighted by Crippen LogP contribution is -2.38. The molecular formula is C24H27NO3. The zero-order chi connectivity index (χ0) is 19.8. The van der Waals surface area contributed by atoms with E-state index in [0.717, 1.165) is 35.1 Å². The molecule has 3 aromatic carbocycles. The van der Waals surface area contributed by atoms with E-state index in [2.05, 4.69) is 23.5 Å². The largest absolute Gasteiger partial charge is 0.497 e. The van der Waals surface area contributed by atoms with E-state index in [-0.39, 0.29) is 5.91 Å². The van der Waals surface area contributed by atoms with Gasteiger partial charge in [-0.3, -0.25) is 4.79 Å². The fourth-order valence-corrected chi connectivity index (χ4v) is 3.14. The molecule has 28 heavy (non-hydrogen) atoms. The highest BCUT2D eigenvalue weighted by atomic mass is 16.5. The molecule has 1 atom stereocenters. The van der Waals surface area contributed by atoms with Gasteiger partial charge in [-0.1, -0.05) is 49.4 Å². The van der Waals surface area contributed by atoms with Gasteiger partial charge >= 0.3 is 0 Å². The second kappa shape index (κ2) is 9.79. The van der Waals surface area contributed by atoms with Gasteiger partial charge in [-0.2, -0.15) is 0 Å². The van der Waals surface area contributed by atoms with Crippen LogP contribution >= 0.6 is 0 Å². The smallest absolute Gasteiger partial charge is 0.261 e. The van der Waals surface area contributed by atoms with Crippen LogP contribution in [-0.4, -0.2) is 25.7 Å². The molecule has 0 aliphatic heterocycles. The number of fused-ring (bicyclic) bond motifs is 1. The molecule has 146 valence electrons. The number of carbonyl (C=O) groups is 1. The third kappa shape index (κ3) is 5.26. The number of aryl methyl sites for hydroxylation is 1. The van der Waals surface area contributed by atoms with Crippen LogP contribution in [0.2, 0.25) is 0 Å². The quantitative estimate of drug-likeness (QED) is 0.547. The monoisotopic (exact) mass is 377 g/mol. The van der Waals surface area contributed by atoms with Crippen molar-refractivity contribution < 1.29 is 14.3 Å². The number of carbonyl (C=O) groups excluding carboxylic acids is 1. The van der Waals surface area contributed by atoms with Gasteiger partial charge in [0.05, 0.1) is 7.11 Å². The maximum Gasteiger partial charge on any atom is 0.261 e. The Labute approximate surface area is 166 Å². The molecule has 4 heteroatoms. The lowest BCUT2D eigenvalue weighted by molar-refractivity contribution is -0.128. The Morgan fingerprint density at radius 3 is 2.39 bits per heavy atom. The van der Waals surface area contributed by atoms with Gasteiger partial charge in [0.1, 0.15) is 11.5 Å². The summed E-state index contributed by atoms with van der Waals surface area (Å²) < 4.78 is 11.1. The molecule has 0 spiro atoms. The number of methoxy groups -OCH3 is 1. The van der Waals surface area contributed by atoms with Crippen molar-refractivity contribution in [2.24, 2.45) is 0 Å². The minimum Gasteiger partial charge on any atom is -0.497 e. The van der Waals surface area contributed by atoms with Crippen molar-refractivity contribution >= 4 is 16.7 Å². The lowest BCUT2D eigenvalue weighted by atomic mass is 10.1. The van der Waals surface area contributed by atoms with Gasteiger partial charge < -0.3 is 14.8 Å². The summed E-state index contributed by atoms with van der Waals surface area (Å²) in [6, 6.07) is 22.1. The van der Waals surface area contributed by atoms with Gasteiger partial charge in [-0.15, -0.1) is 0 Å². The molecule has 1 N–H and O–H groups in total. The predicted octanol–water partition coefficient (Wildman–Crippen LogP) is 4.75. The van der Waals surface area contributed by atoms with Crippen LogP contribution < -0.4 is 14.8 Å². The molecule has 0 bridgehead atoms. The lowest BCUT2D eigenvalue weighted by Gasteiger charge is -2.17. The molecule has 3 rings (SSSR count). The molecule has 0 aliphatic rings. The van der Waals surface area contributed by atoms with Gasteiger partial charge in [0.15, 0.2) is 6.10 Å². The summed E-state index contributed by atoms with van der Waals surface area (Å²) in [6.45, 7) is 2.59. The molecule has 1 amide bonds. The molecule has 0 aliphatic carbocycles. The van der Waals surface area contributed by atoms with Gasteiger partial charge in [-0.25, -0.2) is 0 Å². The van der Waals surface area contributed by atoms with Crippen LogP contribution in [0.15, 0.2) is 66.7 Å². The van der Waals surface area contributed by atoms with E-state index >= 15 is 0 Å². The molecule has 0 saturated carbocycles. The van der Waals surface area contributed by atoms with Crippen molar-refractivity contribution in [3.05, 3.63) is 72.3 Å². The summed E-state index contributed by atoms with van der Waals surface area (Å²) in [4.78, 5) is 12.5. The molecule has 0 radical (unpaired) electrons. The van der Waals surface area contributed by atoms with E-state index in [0.29, 0.717) is 13.0 Å². The number of benzene rings is 3. The molecule has 4 nitrogen and oxygen atoms in total. The van der Waals surface area contributed by atoms with Crippen LogP contribution in [0.25, 0.3) is 10.8 Å². The number of hydrogen-bond acceptors (Lipinski definition) is 3. The SMILES string of the molecule is CC[C@@H](Oc1ccc2ccccc2c1)C(=O)NCCCc1ccc(OC)cc1. The summed E-state index contributed by atoms with van der Waals surface area (Å²) in [6.07, 6.45) is 1.93. The van der Waals surface area contributed by atoms with Crippen molar-refractivity contribution in [3.8, 4) is 11.5 Å². The standard InChI is InChI=1S/C24H27NO3/c1-3-23(28-22-15-12-19-8-4-5-9-20(19)17-22)24(26)25-16-6-7-18-10-13-21(27-2)14-11-18/h4-5,8-15,17,23H,3,6-7,16H2,1-2H3,(H,25,26)/t23-/m1/s1. The normalized spacial score (nSPS) is 11.8. The first kappa shape index (κ1) is 19.7. The zero-order valence-corrected chi connectivity index (χ0v) is 16.5. The maximum atomic E-state index is 12.5.